The highest BCUT2D eigenvalue weighted by molar-refractivity contribution is 8.02. The summed E-state index contributed by atoms with van der Waals surface area (Å²) in [5, 5.41) is 1.60. The number of amides is 1. The molecule has 0 bridgehead atoms. The van der Waals surface area contributed by atoms with Gasteiger partial charge in [0, 0.05) is 5.57 Å². The van der Waals surface area contributed by atoms with Crippen molar-refractivity contribution in [1.29, 1.82) is 0 Å². The zero-order valence-corrected chi connectivity index (χ0v) is 19.2. The summed E-state index contributed by atoms with van der Waals surface area (Å²) in [6, 6.07) is 0. The van der Waals surface area contributed by atoms with Crippen LogP contribution in [0.5, 0.6) is 0 Å². The van der Waals surface area contributed by atoms with Crippen LogP contribution in [0.15, 0.2) is 12.2 Å². The molecule has 0 rings (SSSR count). The highest BCUT2D eigenvalue weighted by Crippen LogP contribution is 2.52. The molecule has 206 valence electrons. The molecule has 0 aromatic rings. The summed E-state index contributed by atoms with van der Waals surface area (Å²) < 4.78 is 165. The molecule has 0 fully saturated rings. The van der Waals surface area contributed by atoms with Crippen molar-refractivity contribution in [3.05, 3.63) is 12.2 Å². The molecule has 0 aliphatic rings. The smallest absolute Gasteiger partial charge is 0.407 e. The molecular weight excluding hydrogens is 556 g/mol. The van der Waals surface area contributed by atoms with Gasteiger partial charge in [-0.2, -0.15) is 43.5 Å². The fourth-order valence-corrected chi connectivity index (χ4v) is 3.61. The molecule has 0 radical (unpaired) electrons. The number of halogens is 8. The van der Waals surface area contributed by atoms with Crippen LogP contribution in [-0.4, -0.2) is 85.2 Å². The first-order valence-electron chi connectivity index (χ1n) is 8.51. The molecule has 35 heavy (non-hydrogen) atoms. The van der Waals surface area contributed by atoms with Crippen molar-refractivity contribution in [2.45, 2.75) is 30.6 Å². The standard InChI is InChI=1S/C14H18F8N2O9S2/c1-8(2)9(25)31-5-4-23-10(26)32-6-11(15,16)13(19,20)14(21,22)12(17,18)7-33-35(29,30)24-34(3,27)28/h24H,1,4-7H2,2-3H3,(H,23,26). The topological polar surface area (TPSA) is 154 Å². The average molecular weight is 574 g/mol. The van der Waals surface area contributed by atoms with Gasteiger partial charge < -0.3 is 14.8 Å². The lowest BCUT2D eigenvalue weighted by molar-refractivity contribution is -0.372. The monoisotopic (exact) mass is 574 g/mol. The maximum atomic E-state index is 13.7. The molecule has 2 N–H and O–H groups in total. The number of hydrogen-bond acceptors (Lipinski definition) is 9. The summed E-state index contributed by atoms with van der Waals surface area (Å²) in [6.45, 7) is -2.77. The van der Waals surface area contributed by atoms with Gasteiger partial charge in [0.2, 0.25) is 10.0 Å². The van der Waals surface area contributed by atoms with E-state index >= 15 is 0 Å². The van der Waals surface area contributed by atoms with Crippen LogP contribution in [0.4, 0.5) is 39.9 Å². The zero-order valence-electron chi connectivity index (χ0n) is 17.5. The number of ether oxygens (including phenoxy) is 2. The van der Waals surface area contributed by atoms with Crippen LogP contribution >= 0.6 is 0 Å². The third kappa shape index (κ3) is 9.37. The predicted octanol–water partition coefficient (Wildman–Crippen LogP) is 1.18. The van der Waals surface area contributed by atoms with Crippen molar-refractivity contribution in [2.75, 3.05) is 32.6 Å². The summed E-state index contributed by atoms with van der Waals surface area (Å²) in [6.07, 6.45) is -1.75. The van der Waals surface area contributed by atoms with E-state index in [0.29, 0.717) is 4.13 Å². The Bertz CT molecular complexity index is 1020. The summed E-state index contributed by atoms with van der Waals surface area (Å²) in [4.78, 5) is 22.3. The van der Waals surface area contributed by atoms with Gasteiger partial charge in [0.1, 0.15) is 13.2 Å². The molecule has 1 amide bonds. The number of nitrogens with one attached hydrogen (secondary N) is 2. The van der Waals surface area contributed by atoms with Gasteiger partial charge in [0.15, 0.2) is 6.61 Å². The first-order valence-corrected chi connectivity index (χ1v) is 11.8. The minimum atomic E-state index is -7.01. The minimum Gasteiger partial charge on any atom is -0.460 e. The van der Waals surface area contributed by atoms with Gasteiger partial charge in [-0.25, -0.2) is 18.0 Å². The molecule has 11 nitrogen and oxygen atoms in total. The van der Waals surface area contributed by atoms with E-state index in [4.69, 9.17) is 0 Å². The minimum absolute atomic E-state index is 0.0539. The van der Waals surface area contributed by atoms with Gasteiger partial charge in [0.05, 0.1) is 12.8 Å². The van der Waals surface area contributed by atoms with Crippen molar-refractivity contribution in [3.8, 4) is 0 Å². The van der Waals surface area contributed by atoms with Crippen molar-refractivity contribution in [3.63, 3.8) is 0 Å². The van der Waals surface area contributed by atoms with E-state index in [-0.39, 0.29) is 11.8 Å². The van der Waals surface area contributed by atoms with Crippen LogP contribution in [0.25, 0.3) is 0 Å². The van der Waals surface area contributed by atoms with Crippen LogP contribution in [0.3, 0.4) is 0 Å². The van der Waals surface area contributed by atoms with E-state index in [2.05, 4.69) is 20.2 Å². The van der Waals surface area contributed by atoms with E-state index in [9.17, 15) is 61.5 Å². The average Bonchev–Trinajstić information content (AvgIpc) is 2.65. The molecule has 0 aliphatic carbocycles. The van der Waals surface area contributed by atoms with Crippen LogP contribution in [0, 0.1) is 0 Å². The van der Waals surface area contributed by atoms with Gasteiger partial charge in [-0.3, -0.25) is 4.18 Å². The summed E-state index contributed by atoms with van der Waals surface area (Å²) >= 11 is 0. The third-order valence-corrected chi connectivity index (χ3v) is 5.76. The van der Waals surface area contributed by atoms with Gasteiger partial charge in [0.25, 0.3) is 0 Å². The van der Waals surface area contributed by atoms with Gasteiger partial charge in [-0.1, -0.05) is 10.7 Å². The molecule has 0 unspecified atom stereocenters. The normalized spacial score (nSPS) is 13.8. The van der Waals surface area contributed by atoms with Crippen LogP contribution in [0.2, 0.25) is 0 Å². The number of rotatable bonds is 14. The highest BCUT2D eigenvalue weighted by Gasteiger charge is 2.81. The molecule has 0 heterocycles. The Balaban J connectivity index is 5.23. The molecule has 0 saturated heterocycles. The number of carbonyl (C=O) groups is 2. The third-order valence-electron chi connectivity index (χ3n) is 3.30. The molecule has 0 aromatic heterocycles. The van der Waals surface area contributed by atoms with E-state index < -0.39 is 82.4 Å². The second-order valence-corrected chi connectivity index (χ2v) is 9.90. The molecule has 0 aromatic carbocycles. The fourth-order valence-electron chi connectivity index (χ4n) is 1.63. The van der Waals surface area contributed by atoms with Gasteiger partial charge >= 0.3 is 46.1 Å². The lowest BCUT2D eigenvalue weighted by Crippen LogP contribution is -2.64. The van der Waals surface area contributed by atoms with E-state index in [1.807, 2.05) is 0 Å². The SMILES string of the molecule is C=C(C)C(=O)OCCNC(=O)OCC(F)(F)C(F)(F)C(F)(F)C(F)(F)COS(=O)(=O)NS(C)(=O)=O. The van der Waals surface area contributed by atoms with Gasteiger partial charge in [-0.15, -0.1) is 0 Å². The molecule has 0 aliphatic heterocycles. The van der Waals surface area contributed by atoms with E-state index in [1.165, 1.54) is 6.92 Å². The Morgan fingerprint density at radius 3 is 1.74 bits per heavy atom. The summed E-state index contributed by atoms with van der Waals surface area (Å²) in [7, 11) is -10.5. The predicted molar refractivity (Wildman–Crippen MR) is 97.8 cm³/mol. The van der Waals surface area contributed by atoms with Crippen LogP contribution < -0.4 is 9.44 Å². The lowest BCUT2D eigenvalue weighted by Gasteiger charge is -2.36. The van der Waals surface area contributed by atoms with E-state index in [0.717, 1.165) is 0 Å². The number of alkyl halides is 8. The quantitative estimate of drug-likeness (QED) is 0.135. The maximum absolute atomic E-state index is 13.7. The second-order valence-electron chi connectivity index (χ2n) is 6.55. The Morgan fingerprint density at radius 2 is 1.31 bits per heavy atom. The van der Waals surface area contributed by atoms with Crippen LogP contribution in [0.1, 0.15) is 6.92 Å². The second kappa shape index (κ2) is 11.2. The summed E-state index contributed by atoms with van der Waals surface area (Å²) in [5.74, 6) is -27.4. The zero-order chi connectivity index (χ0) is 28.1. The van der Waals surface area contributed by atoms with Crippen molar-refractivity contribution < 1.29 is 75.2 Å². The number of hydrogen-bond donors (Lipinski definition) is 2. The maximum Gasteiger partial charge on any atom is 0.407 e. The molecule has 0 atom stereocenters. The molecule has 0 spiro atoms. The Labute approximate surface area is 193 Å². The number of sulfonamides is 1. The molecule has 0 saturated carbocycles. The molecule has 21 heteroatoms. The fraction of sp³-hybridized carbons (Fsp3) is 0.714. The van der Waals surface area contributed by atoms with Gasteiger partial charge in [-0.05, 0) is 6.92 Å². The van der Waals surface area contributed by atoms with Crippen molar-refractivity contribution in [1.82, 2.24) is 9.44 Å². The Hall–Kier alpha value is -2.26. The van der Waals surface area contributed by atoms with E-state index in [1.54, 1.807) is 5.32 Å². The van der Waals surface area contributed by atoms with Crippen molar-refractivity contribution in [2.24, 2.45) is 0 Å². The number of esters is 1. The van der Waals surface area contributed by atoms with Crippen molar-refractivity contribution >= 4 is 32.4 Å². The lowest BCUT2D eigenvalue weighted by atomic mass is 9.99. The largest absolute Gasteiger partial charge is 0.460 e. The number of alkyl carbamates (subject to hydrolysis) is 1. The Kier molecular flexibility index (Phi) is 10.5. The highest BCUT2D eigenvalue weighted by atomic mass is 32.3. The first-order chi connectivity index (χ1) is 15.4. The summed E-state index contributed by atoms with van der Waals surface area (Å²) in [5.41, 5.74) is -0.0539. The Morgan fingerprint density at radius 1 is 0.857 bits per heavy atom. The molecular formula is C14H18F8N2O9S2. The first kappa shape index (κ1) is 32.7. The number of carbonyl (C=O) groups excluding carboxylic acids is 2. The van der Waals surface area contributed by atoms with Crippen LogP contribution in [-0.2, 0) is 38.8 Å².